The third kappa shape index (κ3) is 4.17. The Morgan fingerprint density at radius 1 is 1.22 bits per heavy atom. The van der Waals surface area contributed by atoms with Crippen molar-refractivity contribution in [1.82, 2.24) is 9.66 Å². The molecule has 0 spiro atoms. The lowest BCUT2D eigenvalue weighted by atomic mass is 10.2. The lowest BCUT2D eigenvalue weighted by molar-refractivity contribution is -0.139. The molecule has 0 unspecified atom stereocenters. The van der Waals surface area contributed by atoms with Crippen molar-refractivity contribution in [3.05, 3.63) is 71.7 Å². The highest BCUT2D eigenvalue weighted by molar-refractivity contribution is 9.11. The zero-order valence-corrected chi connectivity index (χ0v) is 16.7. The van der Waals surface area contributed by atoms with Gasteiger partial charge in [0, 0.05) is 0 Å². The number of para-hydroxylation sites is 1. The van der Waals surface area contributed by atoms with Gasteiger partial charge < -0.3 is 14.8 Å². The van der Waals surface area contributed by atoms with Crippen LogP contribution in [0.2, 0.25) is 0 Å². The molecule has 0 saturated heterocycles. The first-order chi connectivity index (χ1) is 12.9. The van der Waals surface area contributed by atoms with Crippen LogP contribution >= 0.6 is 31.9 Å². The molecule has 0 bridgehead atoms. The molecule has 0 atom stereocenters. The van der Waals surface area contributed by atoms with Crippen LogP contribution in [0.3, 0.4) is 0 Å². The standard InChI is InChI=1S/C17H11Br2N3O5/c18-11-5-9(6-12(19)15(11)27-8-14(23)24)7-20-22-16(25)10-3-1-2-4-13(10)21-17(22)26/h1-7H,8H2,(H,21,26)(H,23,24). The number of carboxylic acids is 1. The summed E-state index contributed by atoms with van der Waals surface area (Å²) in [5, 5.41) is 13.0. The summed E-state index contributed by atoms with van der Waals surface area (Å²) in [6.45, 7) is -0.494. The van der Waals surface area contributed by atoms with Gasteiger partial charge in [-0.3, -0.25) is 4.79 Å². The van der Waals surface area contributed by atoms with Crippen LogP contribution in [0.4, 0.5) is 0 Å². The number of hydrogen-bond donors (Lipinski definition) is 2. The van der Waals surface area contributed by atoms with Gasteiger partial charge in [0.1, 0.15) is 5.75 Å². The number of rotatable bonds is 5. The van der Waals surface area contributed by atoms with Crippen molar-refractivity contribution < 1.29 is 14.6 Å². The molecular weight excluding hydrogens is 486 g/mol. The maximum absolute atomic E-state index is 12.4. The molecule has 8 nitrogen and oxygen atoms in total. The van der Waals surface area contributed by atoms with Crippen LogP contribution < -0.4 is 16.0 Å². The van der Waals surface area contributed by atoms with E-state index in [1.54, 1.807) is 36.4 Å². The normalized spacial score (nSPS) is 11.2. The van der Waals surface area contributed by atoms with E-state index in [-0.39, 0.29) is 0 Å². The number of aromatic amines is 1. The summed E-state index contributed by atoms with van der Waals surface area (Å²) in [6, 6.07) is 9.88. The van der Waals surface area contributed by atoms with E-state index in [0.29, 0.717) is 31.2 Å². The first-order valence-electron chi connectivity index (χ1n) is 7.49. The number of aliphatic carboxylic acids is 1. The minimum Gasteiger partial charge on any atom is -0.480 e. The molecule has 0 amide bonds. The molecule has 2 aromatic carbocycles. The maximum atomic E-state index is 12.4. The monoisotopic (exact) mass is 495 g/mol. The second-order valence-electron chi connectivity index (χ2n) is 5.33. The number of halogens is 2. The summed E-state index contributed by atoms with van der Waals surface area (Å²) in [7, 11) is 0. The van der Waals surface area contributed by atoms with Crippen molar-refractivity contribution in [3.8, 4) is 5.75 Å². The molecule has 0 aliphatic carbocycles. The molecule has 0 radical (unpaired) electrons. The number of nitrogens with zero attached hydrogens (tertiary/aromatic N) is 2. The van der Waals surface area contributed by atoms with Gasteiger partial charge in [0.25, 0.3) is 5.56 Å². The van der Waals surface area contributed by atoms with Gasteiger partial charge >= 0.3 is 11.7 Å². The Kier molecular flexibility index (Phi) is 5.57. The number of H-pyrrole nitrogens is 1. The van der Waals surface area contributed by atoms with Gasteiger partial charge in [-0.2, -0.15) is 5.10 Å². The summed E-state index contributed by atoms with van der Waals surface area (Å²) in [5.74, 6) is -0.787. The fourth-order valence-electron chi connectivity index (χ4n) is 2.31. The van der Waals surface area contributed by atoms with E-state index in [4.69, 9.17) is 9.84 Å². The molecule has 3 aromatic rings. The van der Waals surface area contributed by atoms with Gasteiger partial charge in [-0.25, -0.2) is 9.59 Å². The smallest absolute Gasteiger partial charge is 0.349 e. The average molecular weight is 497 g/mol. The summed E-state index contributed by atoms with van der Waals surface area (Å²) in [5.41, 5.74) is -0.208. The molecule has 138 valence electrons. The SMILES string of the molecule is O=C(O)COc1c(Br)cc(C=Nn2c(=O)[nH]c3ccccc3c2=O)cc1Br. The first-order valence-corrected chi connectivity index (χ1v) is 9.07. The highest BCUT2D eigenvalue weighted by Crippen LogP contribution is 2.34. The molecule has 10 heteroatoms. The quantitative estimate of drug-likeness (QED) is 0.527. The fraction of sp³-hybridized carbons (Fsp3) is 0.0588. The lowest BCUT2D eigenvalue weighted by Gasteiger charge is -2.09. The predicted octanol–water partition coefficient (Wildman–Crippen LogP) is 2.56. The van der Waals surface area contributed by atoms with E-state index in [0.717, 1.165) is 4.68 Å². The molecule has 0 fully saturated rings. The molecule has 3 rings (SSSR count). The summed E-state index contributed by atoms with van der Waals surface area (Å²) >= 11 is 6.58. The number of carbonyl (C=O) groups is 1. The van der Waals surface area contributed by atoms with Crippen molar-refractivity contribution in [1.29, 1.82) is 0 Å². The van der Waals surface area contributed by atoms with Gasteiger partial charge in [-0.1, -0.05) is 12.1 Å². The molecule has 1 heterocycles. The van der Waals surface area contributed by atoms with Gasteiger partial charge in [0.05, 0.1) is 26.1 Å². The lowest BCUT2D eigenvalue weighted by Crippen LogP contribution is -2.32. The first kappa shape index (κ1) is 19.1. The Morgan fingerprint density at radius 3 is 2.56 bits per heavy atom. The number of hydrogen-bond acceptors (Lipinski definition) is 5. The van der Waals surface area contributed by atoms with Crippen LogP contribution in [0.15, 0.2) is 60.0 Å². The van der Waals surface area contributed by atoms with Crippen molar-refractivity contribution in [2.24, 2.45) is 5.10 Å². The van der Waals surface area contributed by atoms with Gasteiger partial charge in [0.15, 0.2) is 6.61 Å². The Hall–Kier alpha value is -2.72. The van der Waals surface area contributed by atoms with E-state index in [1.165, 1.54) is 6.21 Å². The van der Waals surface area contributed by atoms with Crippen LogP contribution in [-0.2, 0) is 4.79 Å². The Labute approximate surface area is 168 Å². The molecular formula is C17H11Br2N3O5. The average Bonchev–Trinajstić information content (AvgIpc) is 2.60. The largest absolute Gasteiger partial charge is 0.480 e. The highest BCUT2D eigenvalue weighted by atomic mass is 79.9. The summed E-state index contributed by atoms with van der Waals surface area (Å²) < 4.78 is 6.89. The minimum absolute atomic E-state index is 0.315. The Balaban J connectivity index is 1.97. The third-order valence-electron chi connectivity index (χ3n) is 3.47. The Bertz CT molecular complexity index is 1160. The van der Waals surface area contributed by atoms with Crippen LogP contribution in [0, 0.1) is 0 Å². The van der Waals surface area contributed by atoms with E-state index < -0.39 is 23.8 Å². The van der Waals surface area contributed by atoms with Gasteiger partial charge in [0.2, 0.25) is 0 Å². The maximum Gasteiger partial charge on any atom is 0.349 e. The van der Waals surface area contributed by atoms with E-state index in [1.807, 2.05) is 0 Å². The molecule has 0 aliphatic rings. The summed E-state index contributed by atoms with van der Waals surface area (Å²) in [4.78, 5) is 37.8. The van der Waals surface area contributed by atoms with Crippen molar-refractivity contribution in [3.63, 3.8) is 0 Å². The van der Waals surface area contributed by atoms with Gasteiger partial charge in [-0.15, -0.1) is 4.68 Å². The molecule has 2 N–H and O–H groups in total. The third-order valence-corrected chi connectivity index (χ3v) is 4.64. The molecule has 0 saturated carbocycles. The predicted molar refractivity (Wildman–Crippen MR) is 107 cm³/mol. The van der Waals surface area contributed by atoms with Crippen molar-refractivity contribution >= 4 is 54.9 Å². The zero-order valence-electron chi connectivity index (χ0n) is 13.5. The number of carboxylic acid groups (broad SMARTS) is 1. The van der Waals surface area contributed by atoms with E-state index >= 15 is 0 Å². The van der Waals surface area contributed by atoms with E-state index in [9.17, 15) is 14.4 Å². The number of fused-ring (bicyclic) bond motifs is 1. The Morgan fingerprint density at radius 2 is 1.89 bits per heavy atom. The topological polar surface area (TPSA) is 114 Å². The number of ether oxygens (including phenoxy) is 1. The number of benzene rings is 2. The second-order valence-corrected chi connectivity index (χ2v) is 7.04. The number of aromatic nitrogens is 2. The van der Waals surface area contributed by atoms with E-state index in [2.05, 4.69) is 41.9 Å². The van der Waals surface area contributed by atoms with Crippen LogP contribution in [-0.4, -0.2) is 33.6 Å². The molecule has 1 aromatic heterocycles. The number of nitrogens with one attached hydrogen (secondary N) is 1. The fourth-order valence-corrected chi connectivity index (χ4v) is 3.76. The minimum atomic E-state index is -1.10. The van der Waals surface area contributed by atoms with Crippen LogP contribution in [0.5, 0.6) is 5.75 Å². The van der Waals surface area contributed by atoms with Crippen LogP contribution in [0.1, 0.15) is 5.56 Å². The van der Waals surface area contributed by atoms with Crippen molar-refractivity contribution in [2.45, 2.75) is 0 Å². The molecule has 27 heavy (non-hydrogen) atoms. The van der Waals surface area contributed by atoms with Crippen molar-refractivity contribution in [2.75, 3.05) is 6.61 Å². The second kappa shape index (κ2) is 7.89. The zero-order chi connectivity index (χ0) is 19.6. The van der Waals surface area contributed by atoms with Gasteiger partial charge in [-0.05, 0) is 61.7 Å². The summed E-state index contributed by atoms with van der Waals surface area (Å²) in [6.07, 6.45) is 1.34. The van der Waals surface area contributed by atoms with Crippen LogP contribution in [0.25, 0.3) is 10.9 Å². The molecule has 0 aliphatic heterocycles. The highest BCUT2D eigenvalue weighted by Gasteiger charge is 2.11.